The molecule has 10 heteroatoms. The van der Waals surface area contributed by atoms with Gasteiger partial charge in [0, 0.05) is 32.7 Å². The molecular weight excluding hydrogens is 492 g/mol. The van der Waals surface area contributed by atoms with Crippen LogP contribution in [0.1, 0.15) is 35.3 Å². The van der Waals surface area contributed by atoms with Crippen molar-refractivity contribution in [2.45, 2.75) is 32.6 Å². The minimum atomic E-state index is -3.55. The van der Waals surface area contributed by atoms with Gasteiger partial charge in [0.15, 0.2) is 5.13 Å². The van der Waals surface area contributed by atoms with Crippen molar-refractivity contribution in [3.8, 4) is 0 Å². The fourth-order valence-corrected chi connectivity index (χ4v) is 5.46. The zero-order valence-electron chi connectivity index (χ0n) is 20.5. The maximum atomic E-state index is 13.6. The summed E-state index contributed by atoms with van der Waals surface area (Å²) in [5, 5.41) is 0.650. The molecule has 0 aliphatic heterocycles. The second kappa shape index (κ2) is 11.6. The summed E-state index contributed by atoms with van der Waals surface area (Å²) in [5.41, 5.74) is 3.67. The quantitative estimate of drug-likeness (QED) is 0.410. The van der Waals surface area contributed by atoms with Gasteiger partial charge in [-0.05, 0) is 74.5 Å². The summed E-state index contributed by atoms with van der Waals surface area (Å²) in [4.78, 5) is 22.5. The van der Waals surface area contributed by atoms with Crippen LogP contribution in [0.15, 0.2) is 41.3 Å². The number of amides is 1. The van der Waals surface area contributed by atoms with Crippen molar-refractivity contribution in [3.05, 3.63) is 53.1 Å². The molecule has 3 rings (SSSR count). The molecule has 0 bridgehead atoms. The largest absolute Gasteiger partial charge is 0.302 e. The van der Waals surface area contributed by atoms with E-state index in [0.29, 0.717) is 17.2 Å². The first-order valence-electron chi connectivity index (χ1n) is 11.0. The molecule has 186 valence electrons. The summed E-state index contributed by atoms with van der Waals surface area (Å²) in [6, 6.07) is 10.3. The van der Waals surface area contributed by atoms with Crippen molar-refractivity contribution < 1.29 is 13.2 Å². The molecule has 0 aliphatic rings. The van der Waals surface area contributed by atoms with Crippen LogP contribution >= 0.6 is 23.7 Å². The third-order valence-electron chi connectivity index (χ3n) is 5.88. The Bertz CT molecular complexity index is 1200. The molecule has 0 N–H and O–H groups in total. The van der Waals surface area contributed by atoms with Gasteiger partial charge in [-0.1, -0.05) is 25.2 Å². The molecule has 0 saturated heterocycles. The van der Waals surface area contributed by atoms with Crippen LogP contribution in [0.25, 0.3) is 10.2 Å². The molecule has 0 fully saturated rings. The number of anilines is 1. The maximum Gasteiger partial charge on any atom is 0.260 e. The van der Waals surface area contributed by atoms with Gasteiger partial charge in [0.2, 0.25) is 10.0 Å². The van der Waals surface area contributed by atoms with Crippen molar-refractivity contribution in [2.24, 2.45) is 0 Å². The van der Waals surface area contributed by atoms with E-state index in [1.54, 1.807) is 17.0 Å². The van der Waals surface area contributed by atoms with Crippen LogP contribution in [0.3, 0.4) is 0 Å². The van der Waals surface area contributed by atoms with Crippen molar-refractivity contribution >= 4 is 55.0 Å². The average Bonchev–Trinajstić information content (AvgIpc) is 3.18. The van der Waals surface area contributed by atoms with E-state index in [4.69, 9.17) is 4.98 Å². The van der Waals surface area contributed by atoms with Gasteiger partial charge in [-0.15, -0.1) is 12.4 Å². The molecule has 3 aromatic rings. The predicted molar refractivity (Wildman–Crippen MR) is 143 cm³/mol. The molecule has 1 heterocycles. The highest BCUT2D eigenvalue weighted by atomic mass is 35.5. The van der Waals surface area contributed by atoms with E-state index in [-0.39, 0.29) is 23.2 Å². The Labute approximate surface area is 212 Å². The first-order chi connectivity index (χ1) is 15.6. The van der Waals surface area contributed by atoms with Crippen molar-refractivity contribution in [1.82, 2.24) is 14.2 Å². The Kier molecular flexibility index (Phi) is 9.62. The number of benzene rings is 2. The number of halogens is 1. The third kappa shape index (κ3) is 5.95. The van der Waals surface area contributed by atoms with Gasteiger partial charge >= 0.3 is 0 Å². The first kappa shape index (κ1) is 28.2. The molecule has 7 nitrogen and oxygen atoms in total. The fourth-order valence-electron chi connectivity index (χ4n) is 3.48. The summed E-state index contributed by atoms with van der Waals surface area (Å²) in [6.07, 6.45) is 0. The minimum absolute atomic E-state index is 0. The lowest BCUT2D eigenvalue weighted by molar-refractivity contribution is 0.0983. The maximum absolute atomic E-state index is 13.6. The third-order valence-corrected chi connectivity index (χ3v) is 8.75. The zero-order valence-corrected chi connectivity index (χ0v) is 23.0. The summed E-state index contributed by atoms with van der Waals surface area (Å²) in [5.74, 6) is -0.191. The number of fused-ring (bicyclic) bond motifs is 1. The van der Waals surface area contributed by atoms with Crippen molar-refractivity contribution in [2.75, 3.05) is 45.2 Å². The topological polar surface area (TPSA) is 73.8 Å². The summed E-state index contributed by atoms with van der Waals surface area (Å²) >= 11 is 1.50. The molecule has 0 radical (unpaired) electrons. The summed E-state index contributed by atoms with van der Waals surface area (Å²) in [6.45, 7) is 11.3. The highest BCUT2D eigenvalue weighted by Gasteiger charge is 2.23. The van der Waals surface area contributed by atoms with Crippen molar-refractivity contribution in [3.63, 3.8) is 0 Å². The number of nitrogens with zero attached hydrogens (tertiary/aromatic N) is 4. The van der Waals surface area contributed by atoms with Crippen LogP contribution in [0.2, 0.25) is 0 Å². The van der Waals surface area contributed by atoms with Gasteiger partial charge < -0.3 is 4.90 Å². The van der Waals surface area contributed by atoms with E-state index < -0.39 is 10.0 Å². The molecule has 0 spiro atoms. The number of hydrogen-bond acceptors (Lipinski definition) is 6. The number of aromatic nitrogens is 1. The van der Waals surface area contributed by atoms with Crippen LogP contribution in [0, 0.1) is 13.8 Å². The summed E-state index contributed by atoms with van der Waals surface area (Å²) in [7, 11) is -0.582. The second-order valence-corrected chi connectivity index (χ2v) is 11.4. The molecule has 0 aliphatic carbocycles. The van der Waals surface area contributed by atoms with E-state index in [1.807, 2.05) is 0 Å². The van der Waals surface area contributed by atoms with Crippen LogP contribution in [-0.2, 0) is 10.0 Å². The SMILES string of the molecule is CCN(CC)CCN(C(=O)c1ccc(S(=O)(=O)N(C)C)cc1)c1nc2cc(C)c(C)cc2s1.Cl. The lowest BCUT2D eigenvalue weighted by Crippen LogP contribution is -2.38. The highest BCUT2D eigenvalue weighted by Crippen LogP contribution is 2.31. The lowest BCUT2D eigenvalue weighted by atomic mass is 10.1. The monoisotopic (exact) mass is 524 g/mol. The Morgan fingerprint density at radius 3 is 2.12 bits per heavy atom. The number of carbonyl (C=O) groups is 1. The molecular formula is C24H33ClN4O3S2. The number of aryl methyl sites for hydroxylation is 2. The molecule has 0 saturated carbocycles. The van der Waals surface area contributed by atoms with Gasteiger partial charge in [-0.25, -0.2) is 17.7 Å². The summed E-state index contributed by atoms with van der Waals surface area (Å²) < 4.78 is 27.0. The van der Waals surface area contributed by atoms with Crippen LogP contribution < -0.4 is 4.90 Å². The number of thiazole rings is 1. The smallest absolute Gasteiger partial charge is 0.260 e. The number of sulfonamides is 1. The molecule has 0 atom stereocenters. The Morgan fingerprint density at radius 1 is 0.971 bits per heavy atom. The zero-order chi connectivity index (χ0) is 24.3. The van der Waals surface area contributed by atoms with E-state index in [2.05, 4.69) is 44.7 Å². The van der Waals surface area contributed by atoms with Crippen LogP contribution in [0.4, 0.5) is 5.13 Å². The van der Waals surface area contributed by atoms with E-state index >= 15 is 0 Å². The molecule has 0 unspecified atom stereocenters. The van der Waals surface area contributed by atoms with Crippen LogP contribution in [0.5, 0.6) is 0 Å². The van der Waals surface area contributed by atoms with Gasteiger partial charge in [-0.2, -0.15) is 0 Å². The fraction of sp³-hybridized carbons (Fsp3) is 0.417. The van der Waals surface area contributed by atoms with Gasteiger partial charge in [0.1, 0.15) is 0 Å². The Balaban J connectivity index is 0.00000408. The van der Waals surface area contributed by atoms with Crippen LogP contribution in [-0.4, -0.2) is 68.8 Å². The average molecular weight is 525 g/mol. The lowest BCUT2D eigenvalue weighted by Gasteiger charge is -2.24. The highest BCUT2D eigenvalue weighted by molar-refractivity contribution is 7.89. The Hall–Kier alpha value is -2.04. The van der Waals surface area contributed by atoms with Gasteiger partial charge in [-0.3, -0.25) is 9.69 Å². The number of likely N-dealkylation sites (N-methyl/N-ethyl adjacent to an activating group) is 1. The first-order valence-corrected chi connectivity index (χ1v) is 13.3. The molecule has 1 aromatic heterocycles. The predicted octanol–water partition coefficient (Wildman–Crippen LogP) is 4.57. The van der Waals surface area contributed by atoms with Crippen molar-refractivity contribution in [1.29, 1.82) is 0 Å². The number of carbonyl (C=O) groups excluding carboxylic acids is 1. The normalized spacial score (nSPS) is 11.8. The van der Waals surface area contributed by atoms with E-state index in [9.17, 15) is 13.2 Å². The molecule has 2 aromatic carbocycles. The molecule has 34 heavy (non-hydrogen) atoms. The second-order valence-electron chi connectivity index (χ2n) is 8.20. The van der Waals surface area contributed by atoms with E-state index in [1.165, 1.54) is 43.1 Å². The minimum Gasteiger partial charge on any atom is -0.302 e. The van der Waals surface area contributed by atoms with Gasteiger partial charge in [0.05, 0.1) is 15.1 Å². The van der Waals surface area contributed by atoms with E-state index in [0.717, 1.165) is 39.7 Å². The number of rotatable bonds is 9. The Morgan fingerprint density at radius 2 is 1.56 bits per heavy atom. The standard InChI is InChI=1S/C24H32N4O3S2.ClH/c1-7-27(8-2)13-14-28(24-25-21-15-17(3)18(4)16-22(21)32-24)23(29)19-9-11-20(12-10-19)33(30,31)26(5)6;/h9-12,15-16H,7-8,13-14H2,1-6H3;1H. The van der Waals surface area contributed by atoms with Gasteiger partial charge in [0.25, 0.3) is 5.91 Å². The molecule has 1 amide bonds. The number of hydrogen-bond donors (Lipinski definition) is 0.